The zero-order valence-electron chi connectivity index (χ0n) is 15.5. The summed E-state index contributed by atoms with van der Waals surface area (Å²) in [6.07, 6.45) is 4.72. The van der Waals surface area contributed by atoms with Crippen molar-refractivity contribution in [2.45, 2.75) is 51.4 Å². The molecule has 1 amide bonds. The van der Waals surface area contributed by atoms with Crippen molar-refractivity contribution in [3.05, 3.63) is 58.6 Å². The maximum absolute atomic E-state index is 13.3. The zero-order chi connectivity index (χ0) is 18.6. The Bertz CT molecular complexity index is 781. The fourth-order valence-corrected chi connectivity index (χ4v) is 4.12. The number of nitrogens with one attached hydrogen (secondary N) is 1. The van der Waals surface area contributed by atoms with Crippen LogP contribution in [-0.2, 0) is 10.2 Å². The minimum Gasteiger partial charge on any atom is -0.493 e. The second-order valence-electron chi connectivity index (χ2n) is 7.05. The molecule has 0 spiro atoms. The maximum Gasteiger partial charge on any atom is 0.235 e. The van der Waals surface area contributed by atoms with Gasteiger partial charge in [0.2, 0.25) is 5.91 Å². The zero-order valence-corrected chi connectivity index (χ0v) is 16.2. The second-order valence-corrected chi connectivity index (χ2v) is 7.46. The highest BCUT2D eigenvalue weighted by Crippen LogP contribution is 2.44. The highest BCUT2D eigenvalue weighted by Gasteiger charge is 2.43. The van der Waals surface area contributed by atoms with Gasteiger partial charge in [0.1, 0.15) is 5.75 Å². The van der Waals surface area contributed by atoms with Crippen LogP contribution in [-0.4, -0.2) is 12.5 Å². The van der Waals surface area contributed by atoms with Gasteiger partial charge in [0.05, 0.1) is 12.0 Å². The molecule has 1 fully saturated rings. The van der Waals surface area contributed by atoms with E-state index in [1.807, 2.05) is 49.4 Å². The number of aryl methyl sites for hydroxylation is 1. The Morgan fingerprint density at radius 2 is 1.92 bits per heavy atom. The fraction of sp³-hybridized carbons (Fsp3) is 0.409. The lowest BCUT2D eigenvalue weighted by atomic mass is 9.78. The Morgan fingerprint density at radius 1 is 1.19 bits per heavy atom. The molecule has 2 aromatic carbocycles. The van der Waals surface area contributed by atoms with E-state index in [1.165, 1.54) is 0 Å². The summed E-state index contributed by atoms with van der Waals surface area (Å²) in [6, 6.07) is 13.5. The normalized spacial score (nSPS) is 15.7. The standard InChI is InChI=1S/C22H26ClNO2/c1-3-14-26-20-11-10-17(15-16(20)2)24-21(25)22(12-6-7-13-22)18-8-4-5-9-19(18)23/h4-5,8-11,15H,3,6-7,12-14H2,1-2H3,(H,24,25). The molecular weight excluding hydrogens is 346 g/mol. The van der Waals surface area contributed by atoms with Crippen LogP contribution in [0.5, 0.6) is 5.75 Å². The van der Waals surface area contributed by atoms with Crippen LogP contribution in [0, 0.1) is 6.92 Å². The van der Waals surface area contributed by atoms with Crippen molar-refractivity contribution in [2.24, 2.45) is 0 Å². The third-order valence-electron chi connectivity index (χ3n) is 5.18. The molecule has 3 nitrogen and oxygen atoms in total. The van der Waals surface area contributed by atoms with Crippen molar-refractivity contribution < 1.29 is 9.53 Å². The largest absolute Gasteiger partial charge is 0.493 e. The smallest absolute Gasteiger partial charge is 0.235 e. The molecule has 1 N–H and O–H groups in total. The summed E-state index contributed by atoms with van der Waals surface area (Å²) in [6.45, 7) is 4.78. The van der Waals surface area contributed by atoms with Crippen molar-refractivity contribution in [1.29, 1.82) is 0 Å². The van der Waals surface area contributed by atoms with Crippen LogP contribution in [0.2, 0.25) is 5.02 Å². The fourth-order valence-electron chi connectivity index (χ4n) is 3.80. The summed E-state index contributed by atoms with van der Waals surface area (Å²) in [5.41, 5.74) is 2.23. The van der Waals surface area contributed by atoms with Gasteiger partial charge in [-0.2, -0.15) is 0 Å². The van der Waals surface area contributed by atoms with Gasteiger partial charge >= 0.3 is 0 Å². The van der Waals surface area contributed by atoms with Crippen molar-refractivity contribution in [1.82, 2.24) is 0 Å². The number of halogens is 1. The number of benzene rings is 2. The van der Waals surface area contributed by atoms with Crippen LogP contribution in [0.15, 0.2) is 42.5 Å². The van der Waals surface area contributed by atoms with Crippen LogP contribution >= 0.6 is 11.6 Å². The minimum atomic E-state index is -0.538. The molecule has 0 unspecified atom stereocenters. The van der Waals surface area contributed by atoms with Crippen LogP contribution < -0.4 is 10.1 Å². The Hall–Kier alpha value is -2.00. The molecule has 0 heterocycles. The molecule has 0 radical (unpaired) electrons. The monoisotopic (exact) mass is 371 g/mol. The Kier molecular flexibility index (Phi) is 5.87. The SMILES string of the molecule is CCCOc1ccc(NC(=O)C2(c3ccccc3Cl)CCCC2)cc1C. The number of carbonyl (C=O) groups is 1. The highest BCUT2D eigenvalue weighted by atomic mass is 35.5. The molecule has 0 atom stereocenters. The first-order chi connectivity index (χ1) is 12.6. The molecule has 0 aromatic heterocycles. The van der Waals surface area contributed by atoms with E-state index in [-0.39, 0.29) is 5.91 Å². The van der Waals surface area contributed by atoms with E-state index in [0.717, 1.165) is 54.7 Å². The van der Waals surface area contributed by atoms with E-state index in [0.29, 0.717) is 11.6 Å². The average molecular weight is 372 g/mol. The lowest BCUT2D eigenvalue weighted by Gasteiger charge is -2.29. The Balaban J connectivity index is 1.83. The first-order valence-electron chi connectivity index (χ1n) is 9.37. The number of amides is 1. The number of hydrogen-bond donors (Lipinski definition) is 1. The molecule has 3 rings (SSSR count). The number of carbonyl (C=O) groups excluding carboxylic acids is 1. The van der Waals surface area contributed by atoms with Gasteiger partial charge in [-0.3, -0.25) is 4.79 Å². The molecule has 138 valence electrons. The van der Waals surface area contributed by atoms with Gasteiger partial charge in [0.15, 0.2) is 0 Å². The van der Waals surface area contributed by atoms with E-state index >= 15 is 0 Å². The maximum atomic E-state index is 13.3. The summed E-state index contributed by atoms with van der Waals surface area (Å²) in [5, 5.41) is 3.79. The van der Waals surface area contributed by atoms with Gasteiger partial charge in [-0.25, -0.2) is 0 Å². The molecule has 1 saturated carbocycles. The molecule has 1 aliphatic rings. The molecule has 1 aliphatic carbocycles. The number of hydrogen-bond acceptors (Lipinski definition) is 2. The Morgan fingerprint density at radius 3 is 2.58 bits per heavy atom. The summed E-state index contributed by atoms with van der Waals surface area (Å²) in [5.74, 6) is 0.899. The number of rotatable bonds is 6. The minimum absolute atomic E-state index is 0.0322. The van der Waals surface area contributed by atoms with E-state index in [1.54, 1.807) is 0 Å². The molecule has 26 heavy (non-hydrogen) atoms. The van der Waals surface area contributed by atoms with Crippen molar-refractivity contribution in [3.8, 4) is 5.75 Å². The topological polar surface area (TPSA) is 38.3 Å². The third kappa shape index (κ3) is 3.73. The first kappa shape index (κ1) is 18.8. The first-order valence-corrected chi connectivity index (χ1v) is 9.74. The van der Waals surface area contributed by atoms with Crippen molar-refractivity contribution in [2.75, 3.05) is 11.9 Å². The predicted octanol–water partition coefficient (Wildman–Crippen LogP) is 5.89. The lowest BCUT2D eigenvalue weighted by Crippen LogP contribution is -2.38. The van der Waals surface area contributed by atoms with Gasteiger partial charge in [0.25, 0.3) is 0 Å². The molecular formula is C22H26ClNO2. The highest BCUT2D eigenvalue weighted by molar-refractivity contribution is 6.31. The van der Waals surface area contributed by atoms with Crippen LogP contribution in [0.1, 0.15) is 50.2 Å². The molecule has 4 heteroatoms. The third-order valence-corrected chi connectivity index (χ3v) is 5.51. The van der Waals surface area contributed by atoms with E-state index < -0.39 is 5.41 Å². The van der Waals surface area contributed by atoms with E-state index in [4.69, 9.17) is 16.3 Å². The summed E-state index contributed by atoms with van der Waals surface area (Å²) < 4.78 is 5.72. The average Bonchev–Trinajstić information content (AvgIpc) is 3.12. The van der Waals surface area contributed by atoms with Gasteiger partial charge < -0.3 is 10.1 Å². The molecule has 0 aliphatic heterocycles. The van der Waals surface area contributed by atoms with Crippen LogP contribution in [0.3, 0.4) is 0 Å². The van der Waals surface area contributed by atoms with E-state index in [2.05, 4.69) is 12.2 Å². The second kappa shape index (κ2) is 8.13. The quantitative estimate of drug-likeness (QED) is 0.687. The van der Waals surface area contributed by atoms with Crippen molar-refractivity contribution in [3.63, 3.8) is 0 Å². The summed E-state index contributed by atoms with van der Waals surface area (Å²) in [7, 11) is 0. The van der Waals surface area contributed by atoms with Gasteiger partial charge in [-0.05, 0) is 61.6 Å². The molecule has 0 bridgehead atoms. The Labute approximate surface area is 160 Å². The summed E-state index contributed by atoms with van der Waals surface area (Å²) >= 11 is 6.44. The summed E-state index contributed by atoms with van der Waals surface area (Å²) in [4.78, 5) is 13.3. The van der Waals surface area contributed by atoms with Crippen LogP contribution in [0.25, 0.3) is 0 Å². The number of anilines is 1. The lowest BCUT2D eigenvalue weighted by molar-refractivity contribution is -0.121. The number of ether oxygens (including phenoxy) is 1. The van der Waals surface area contributed by atoms with Gasteiger partial charge in [0, 0.05) is 10.7 Å². The molecule has 2 aromatic rings. The van der Waals surface area contributed by atoms with Crippen molar-refractivity contribution >= 4 is 23.2 Å². The van der Waals surface area contributed by atoms with Gasteiger partial charge in [-0.15, -0.1) is 0 Å². The molecule has 0 saturated heterocycles. The van der Waals surface area contributed by atoms with Gasteiger partial charge in [-0.1, -0.05) is 49.6 Å². The van der Waals surface area contributed by atoms with E-state index in [9.17, 15) is 4.79 Å². The van der Waals surface area contributed by atoms with Crippen LogP contribution in [0.4, 0.5) is 5.69 Å². The predicted molar refractivity (Wildman–Crippen MR) is 107 cm³/mol.